The molecular formula is C15H16ClNO2. The van der Waals surface area contributed by atoms with Gasteiger partial charge in [0.15, 0.2) is 0 Å². The summed E-state index contributed by atoms with van der Waals surface area (Å²) in [5, 5.41) is 13.3. The van der Waals surface area contributed by atoms with Crippen LogP contribution >= 0.6 is 11.6 Å². The van der Waals surface area contributed by atoms with Gasteiger partial charge in [-0.05, 0) is 61.1 Å². The van der Waals surface area contributed by atoms with E-state index in [9.17, 15) is 9.90 Å². The average molecular weight is 278 g/mol. The largest absolute Gasteiger partial charge is 0.478 e. The number of carboxylic acids is 1. The van der Waals surface area contributed by atoms with Gasteiger partial charge in [-0.3, -0.25) is 0 Å². The van der Waals surface area contributed by atoms with E-state index in [1.54, 1.807) is 18.2 Å². The van der Waals surface area contributed by atoms with Gasteiger partial charge in [-0.25, -0.2) is 4.79 Å². The second-order valence-electron chi connectivity index (χ2n) is 6.15. The van der Waals surface area contributed by atoms with Crippen molar-refractivity contribution in [1.82, 2.24) is 0 Å². The number of nitrogens with one attached hydrogen (secondary N) is 1. The van der Waals surface area contributed by atoms with Crippen molar-refractivity contribution < 1.29 is 9.90 Å². The highest BCUT2D eigenvalue weighted by Crippen LogP contribution is 2.66. The normalized spacial score (nSPS) is 38.1. The molecule has 3 aliphatic carbocycles. The van der Waals surface area contributed by atoms with E-state index >= 15 is 0 Å². The maximum Gasteiger partial charge on any atom is 0.337 e. The highest BCUT2D eigenvalue weighted by molar-refractivity contribution is 6.31. The van der Waals surface area contributed by atoms with E-state index in [1.165, 1.54) is 19.3 Å². The molecule has 2 N–H and O–H groups in total. The van der Waals surface area contributed by atoms with Crippen LogP contribution < -0.4 is 5.32 Å². The summed E-state index contributed by atoms with van der Waals surface area (Å²) < 4.78 is 0. The lowest BCUT2D eigenvalue weighted by atomic mass is 10.0. The molecule has 3 fully saturated rings. The van der Waals surface area contributed by atoms with E-state index < -0.39 is 5.97 Å². The van der Waals surface area contributed by atoms with Gasteiger partial charge in [0.1, 0.15) is 0 Å². The molecule has 0 radical (unpaired) electrons. The van der Waals surface area contributed by atoms with Crippen LogP contribution in [0.4, 0.5) is 5.69 Å². The molecule has 4 rings (SSSR count). The molecule has 0 saturated heterocycles. The van der Waals surface area contributed by atoms with Gasteiger partial charge in [0.05, 0.1) is 11.3 Å². The van der Waals surface area contributed by atoms with E-state index in [1.807, 2.05) is 0 Å². The molecule has 1 aromatic rings. The Morgan fingerprint density at radius 1 is 1.26 bits per heavy atom. The summed E-state index contributed by atoms with van der Waals surface area (Å²) >= 11 is 5.98. The highest BCUT2D eigenvalue weighted by atomic mass is 35.5. The van der Waals surface area contributed by atoms with Crippen molar-refractivity contribution in [2.45, 2.75) is 25.3 Å². The fraction of sp³-hybridized carbons (Fsp3) is 0.533. The van der Waals surface area contributed by atoms with Crippen molar-refractivity contribution in [3.8, 4) is 0 Å². The van der Waals surface area contributed by atoms with Gasteiger partial charge in [0, 0.05) is 11.1 Å². The summed E-state index contributed by atoms with van der Waals surface area (Å²) in [5.41, 5.74) is 1.00. The number of hydrogen-bond acceptors (Lipinski definition) is 2. The number of carbonyl (C=O) groups is 1. The Morgan fingerprint density at radius 2 is 1.95 bits per heavy atom. The maximum atomic E-state index is 11.2. The zero-order chi connectivity index (χ0) is 13.1. The van der Waals surface area contributed by atoms with Crippen molar-refractivity contribution in [2.75, 3.05) is 5.32 Å². The lowest BCUT2D eigenvalue weighted by molar-refractivity contribution is 0.0698. The molecule has 0 amide bonds. The molecule has 3 aliphatic rings. The lowest BCUT2D eigenvalue weighted by Crippen LogP contribution is -2.15. The second-order valence-corrected chi connectivity index (χ2v) is 6.59. The van der Waals surface area contributed by atoms with Crippen LogP contribution in [0.2, 0.25) is 5.02 Å². The van der Waals surface area contributed by atoms with Crippen molar-refractivity contribution in [3.63, 3.8) is 0 Å². The fourth-order valence-corrected chi connectivity index (χ4v) is 4.69. The van der Waals surface area contributed by atoms with Crippen molar-refractivity contribution >= 4 is 23.3 Å². The summed E-state index contributed by atoms with van der Waals surface area (Å²) in [4.78, 5) is 11.2. The van der Waals surface area contributed by atoms with Gasteiger partial charge >= 0.3 is 5.97 Å². The molecule has 0 aliphatic heterocycles. The summed E-state index contributed by atoms with van der Waals surface area (Å²) in [6, 6.07) is 5.43. The number of carboxylic acid groups (broad SMARTS) is 1. The van der Waals surface area contributed by atoms with E-state index in [0.717, 1.165) is 23.7 Å². The molecule has 2 bridgehead atoms. The first kappa shape index (κ1) is 11.6. The van der Waals surface area contributed by atoms with Crippen LogP contribution in [0.5, 0.6) is 0 Å². The Bertz CT molecular complexity index is 543. The maximum absolute atomic E-state index is 11.2. The molecule has 3 saturated carbocycles. The average Bonchev–Trinajstić information content (AvgIpc) is 2.78. The monoisotopic (exact) mass is 277 g/mol. The fourth-order valence-electron chi connectivity index (χ4n) is 4.52. The molecule has 4 atom stereocenters. The number of halogens is 1. The standard InChI is InChI=1S/C15H16ClNO2/c16-9-3-4-10(15(18)19)11(6-9)17-14-12-7-1-2-8(5-7)13(12)14/h3-4,6-8,12-14,17H,1-2,5H2,(H,18,19). The van der Waals surface area contributed by atoms with E-state index in [0.29, 0.717) is 22.3 Å². The van der Waals surface area contributed by atoms with E-state index in [4.69, 9.17) is 11.6 Å². The molecule has 3 nitrogen and oxygen atoms in total. The molecule has 1 aromatic carbocycles. The first-order chi connectivity index (χ1) is 9.15. The van der Waals surface area contributed by atoms with Crippen LogP contribution in [-0.2, 0) is 0 Å². The molecule has 0 heterocycles. The molecule has 19 heavy (non-hydrogen) atoms. The minimum absolute atomic E-state index is 0.321. The zero-order valence-electron chi connectivity index (χ0n) is 10.5. The van der Waals surface area contributed by atoms with Crippen LogP contribution in [0.1, 0.15) is 29.6 Å². The first-order valence-electron chi connectivity index (χ1n) is 6.94. The topological polar surface area (TPSA) is 49.3 Å². The highest BCUT2D eigenvalue weighted by Gasteiger charge is 2.65. The third kappa shape index (κ3) is 1.68. The number of benzene rings is 1. The number of aromatic carboxylic acids is 1. The minimum atomic E-state index is -0.895. The molecule has 4 unspecified atom stereocenters. The Morgan fingerprint density at radius 3 is 2.58 bits per heavy atom. The predicted molar refractivity (Wildman–Crippen MR) is 73.6 cm³/mol. The Balaban J connectivity index is 1.58. The van der Waals surface area contributed by atoms with Crippen LogP contribution in [0.3, 0.4) is 0 Å². The third-order valence-corrected chi connectivity index (χ3v) is 5.50. The predicted octanol–water partition coefficient (Wildman–Crippen LogP) is 3.49. The Kier molecular flexibility index (Phi) is 2.37. The van der Waals surface area contributed by atoms with E-state index in [-0.39, 0.29) is 0 Å². The molecular weight excluding hydrogens is 262 g/mol. The molecule has 0 spiro atoms. The zero-order valence-corrected chi connectivity index (χ0v) is 11.2. The molecule has 4 heteroatoms. The Labute approximate surface area is 117 Å². The SMILES string of the molecule is O=C(O)c1ccc(Cl)cc1NC1C2C3CCC(C3)C12. The van der Waals surface area contributed by atoms with Gasteiger partial charge in [-0.1, -0.05) is 11.6 Å². The smallest absolute Gasteiger partial charge is 0.337 e. The van der Waals surface area contributed by atoms with Crippen LogP contribution in [0.25, 0.3) is 0 Å². The Hall–Kier alpha value is -1.22. The molecule has 100 valence electrons. The number of fused-ring (bicyclic) bond motifs is 5. The summed E-state index contributed by atoms with van der Waals surface area (Å²) in [6.45, 7) is 0. The van der Waals surface area contributed by atoms with Crippen LogP contribution in [0, 0.1) is 23.7 Å². The van der Waals surface area contributed by atoms with Gasteiger partial charge in [-0.15, -0.1) is 0 Å². The summed E-state index contributed by atoms with van der Waals surface area (Å²) in [6.07, 6.45) is 4.13. The van der Waals surface area contributed by atoms with Crippen LogP contribution in [0.15, 0.2) is 18.2 Å². The van der Waals surface area contributed by atoms with Crippen LogP contribution in [-0.4, -0.2) is 17.1 Å². The number of hydrogen-bond donors (Lipinski definition) is 2. The minimum Gasteiger partial charge on any atom is -0.478 e. The van der Waals surface area contributed by atoms with Crippen molar-refractivity contribution in [2.24, 2.45) is 23.7 Å². The second kappa shape index (κ2) is 3.89. The van der Waals surface area contributed by atoms with E-state index in [2.05, 4.69) is 5.32 Å². The number of rotatable bonds is 3. The molecule has 0 aromatic heterocycles. The quantitative estimate of drug-likeness (QED) is 0.889. The van der Waals surface area contributed by atoms with Crippen molar-refractivity contribution in [3.05, 3.63) is 28.8 Å². The number of anilines is 1. The summed E-state index contributed by atoms with van der Waals surface area (Å²) in [5.74, 6) is 2.41. The van der Waals surface area contributed by atoms with Crippen molar-refractivity contribution in [1.29, 1.82) is 0 Å². The summed E-state index contributed by atoms with van der Waals surface area (Å²) in [7, 11) is 0. The first-order valence-corrected chi connectivity index (χ1v) is 7.32. The van der Waals surface area contributed by atoms with Gasteiger partial charge in [-0.2, -0.15) is 0 Å². The lowest BCUT2D eigenvalue weighted by Gasteiger charge is -2.14. The van der Waals surface area contributed by atoms with Gasteiger partial charge < -0.3 is 10.4 Å². The van der Waals surface area contributed by atoms with Gasteiger partial charge in [0.25, 0.3) is 0 Å². The third-order valence-electron chi connectivity index (χ3n) is 5.27. The van der Waals surface area contributed by atoms with Gasteiger partial charge in [0.2, 0.25) is 0 Å².